The maximum absolute atomic E-state index is 13.1. The van der Waals surface area contributed by atoms with Crippen molar-refractivity contribution >= 4 is 17.4 Å². The van der Waals surface area contributed by atoms with Gasteiger partial charge in [-0.3, -0.25) is 9.59 Å². The first kappa shape index (κ1) is 25.0. The summed E-state index contributed by atoms with van der Waals surface area (Å²) in [6.07, 6.45) is 0. The number of ether oxygens (including phenoxy) is 1. The number of Topliss-reactive ketones (excluding diaryl/α,β-unsaturated/α-hetero) is 1. The number of nitrogens with zero attached hydrogens (tertiary/aromatic N) is 2. The fourth-order valence-corrected chi connectivity index (χ4v) is 4.22. The Bertz CT molecular complexity index is 1280. The van der Waals surface area contributed by atoms with Crippen LogP contribution in [0.1, 0.15) is 28.3 Å². The van der Waals surface area contributed by atoms with E-state index in [0.717, 1.165) is 11.1 Å². The molecule has 1 atom stereocenters. The van der Waals surface area contributed by atoms with Gasteiger partial charge in [-0.15, -0.1) is 0 Å². The smallest absolute Gasteiger partial charge is 0.295 e. The van der Waals surface area contributed by atoms with E-state index in [-0.39, 0.29) is 17.1 Å². The molecular weight excluding hydrogens is 456 g/mol. The van der Waals surface area contributed by atoms with Crippen molar-refractivity contribution in [2.24, 2.45) is 0 Å². The number of phenolic OH excluding ortho intramolecular Hbond substituents is 1. The van der Waals surface area contributed by atoms with E-state index < -0.39 is 17.7 Å². The highest BCUT2D eigenvalue weighted by Crippen LogP contribution is 2.39. The first-order chi connectivity index (χ1) is 17.3. The highest BCUT2D eigenvalue weighted by Gasteiger charge is 2.45. The molecule has 0 bridgehead atoms. The van der Waals surface area contributed by atoms with E-state index in [1.54, 1.807) is 36.4 Å². The maximum Gasteiger partial charge on any atom is 0.295 e. The van der Waals surface area contributed by atoms with Crippen molar-refractivity contribution in [1.29, 1.82) is 0 Å². The standard InChI is InChI=1S/C29H30N2O5/c1-19-6-4-5-7-22(19)18-36-24-14-10-21(11-15-24)27(33)25-26(20-8-12-23(32)13-9-20)31(17-16-30(2)3)29(35)28(25)34/h4-15,26,32-33H,16-18H2,1-3H3. The SMILES string of the molecule is Cc1ccccc1COc1ccc(C(O)=C2C(=O)C(=O)N(CCN(C)C)C2c2ccc(O)cc2)cc1. The molecule has 1 heterocycles. The lowest BCUT2D eigenvalue weighted by molar-refractivity contribution is -0.140. The van der Waals surface area contributed by atoms with Gasteiger partial charge in [-0.1, -0.05) is 36.4 Å². The van der Waals surface area contributed by atoms with E-state index in [0.29, 0.717) is 36.6 Å². The van der Waals surface area contributed by atoms with Crippen LogP contribution in [-0.2, 0) is 16.2 Å². The van der Waals surface area contributed by atoms with Crippen molar-refractivity contribution < 1.29 is 24.5 Å². The number of rotatable bonds is 8. The molecule has 7 nitrogen and oxygen atoms in total. The molecule has 4 rings (SSSR count). The number of ketones is 1. The number of benzene rings is 3. The molecule has 3 aromatic rings. The largest absolute Gasteiger partial charge is 0.508 e. The van der Waals surface area contributed by atoms with Crippen molar-refractivity contribution in [3.63, 3.8) is 0 Å². The monoisotopic (exact) mass is 486 g/mol. The fourth-order valence-electron chi connectivity index (χ4n) is 4.22. The Balaban J connectivity index is 1.64. The molecule has 1 aliphatic rings. The number of amides is 1. The second kappa shape index (κ2) is 10.7. The zero-order chi connectivity index (χ0) is 25.8. The summed E-state index contributed by atoms with van der Waals surface area (Å²) in [6, 6.07) is 20.3. The van der Waals surface area contributed by atoms with Crippen LogP contribution in [0.3, 0.4) is 0 Å². The molecule has 0 spiro atoms. The number of likely N-dealkylation sites (tertiary alicyclic amines) is 1. The molecule has 0 radical (unpaired) electrons. The molecule has 2 N–H and O–H groups in total. The van der Waals surface area contributed by atoms with Crippen LogP contribution in [0, 0.1) is 6.92 Å². The average molecular weight is 487 g/mol. The number of hydrogen-bond donors (Lipinski definition) is 2. The highest BCUT2D eigenvalue weighted by molar-refractivity contribution is 6.46. The van der Waals surface area contributed by atoms with E-state index in [9.17, 15) is 19.8 Å². The molecule has 1 aliphatic heterocycles. The Hall–Kier alpha value is -4.10. The molecule has 36 heavy (non-hydrogen) atoms. The first-order valence-electron chi connectivity index (χ1n) is 11.8. The second-order valence-corrected chi connectivity index (χ2v) is 9.13. The third-order valence-corrected chi connectivity index (χ3v) is 6.32. The molecule has 1 fully saturated rings. The zero-order valence-electron chi connectivity index (χ0n) is 20.6. The van der Waals surface area contributed by atoms with Crippen LogP contribution in [0.2, 0.25) is 0 Å². The minimum absolute atomic E-state index is 0.0259. The number of hydrogen-bond acceptors (Lipinski definition) is 6. The van der Waals surface area contributed by atoms with Gasteiger partial charge in [-0.25, -0.2) is 0 Å². The Kier molecular flexibility index (Phi) is 7.41. The molecular formula is C29H30N2O5. The zero-order valence-corrected chi connectivity index (χ0v) is 20.6. The Labute approximate surface area is 210 Å². The van der Waals surface area contributed by atoms with E-state index in [1.807, 2.05) is 50.2 Å². The van der Waals surface area contributed by atoms with Crippen LogP contribution in [-0.4, -0.2) is 58.9 Å². The Morgan fingerprint density at radius 2 is 1.64 bits per heavy atom. The van der Waals surface area contributed by atoms with Crippen LogP contribution in [0.25, 0.3) is 5.76 Å². The van der Waals surface area contributed by atoms with E-state index >= 15 is 0 Å². The number of aromatic hydroxyl groups is 1. The van der Waals surface area contributed by atoms with Crippen LogP contribution in [0.15, 0.2) is 78.4 Å². The van der Waals surface area contributed by atoms with Gasteiger partial charge in [0, 0.05) is 18.7 Å². The van der Waals surface area contributed by atoms with E-state index in [4.69, 9.17) is 4.74 Å². The molecule has 1 unspecified atom stereocenters. The normalized spacial score (nSPS) is 17.1. The van der Waals surface area contributed by atoms with Crippen molar-refractivity contribution in [2.45, 2.75) is 19.6 Å². The van der Waals surface area contributed by atoms with Gasteiger partial charge in [-0.2, -0.15) is 0 Å². The summed E-state index contributed by atoms with van der Waals surface area (Å²) in [6.45, 7) is 3.30. The Morgan fingerprint density at radius 1 is 0.972 bits per heavy atom. The van der Waals surface area contributed by atoms with Crippen molar-refractivity contribution in [2.75, 3.05) is 27.2 Å². The molecule has 1 amide bonds. The third-order valence-electron chi connectivity index (χ3n) is 6.32. The predicted molar refractivity (Wildman–Crippen MR) is 138 cm³/mol. The summed E-state index contributed by atoms with van der Waals surface area (Å²) in [4.78, 5) is 29.4. The molecule has 186 valence electrons. The number of phenols is 1. The second-order valence-electron chi connectivity index (χ2n) is 9.13. The predicted octanol–water partition coefficient (Wildman–Crippen LogP) is 4.26. The van der Waals surface area contributed by atoms with E-state index in [1.165, 1.54) is 17.0 Å². The van der Waals surface area contributed by atoms with Gasteiger partial charge in [-0.05, 0) is 74.1 Å². The van der Waals surface area contributed by atoms with Gasteiger partial charge in [0.15, 0.2) is 0 Å². The summed E-state index contributed by atoms with van der Waals surface area (Å²) < 4.78 is 5.89. The topological polar surface area (TPSA) is 90.3 Å². The van der Waals surface area contributed by atoms with Crippen molar-refractivity contribution in [3.05, 3.63) is 101 Å². The molecule has 0 saturated carbocycles. The molecule has 0 aliphatic carbocycles. The fraction of sp³-hybridized carbons (Fsp3) is 0.241. The minimum atomic E-state index is -0.762. The molecule has 3 aromatic carbocycles. The summed E-state index contributed by atoms with van der Waals surface area (Å²) in [5.41, 5.74) is 3.28. The number of likely N-dealkylation sites (N-methyl/N-ethyl adjacent to an activating group) is 1. The summed E-state index contributed by atoms with van der Waals surface area (Å²) in [5.74, 6) is -0.940. The summed E-state index contributed by atoms with van der Waals surface area (Å²) in [5, 5.41) is 20.9. The lowest BCUT2D eigenvalue weighted by Crippen LogP contribution is -2.35. The minimum Gasteiger partial charge on any atom is -0.508 e. The lowest BCUT2D eigenvalue weighted by Gasteiger charge is -2.26. The maximum atomic E-state index is 13.1. The van der Waals surface area contributed by atoms with Crippen LogP contribution >= 0.6 is 0 Å². The summed E-state index contributed by atoms with van der Waals surface area (Å²) in [7, 11) is 3.77. The quantitative estimate of drug-likeness (QED) is 0.281. The van der Waals surface area contributed by atoms with Gasteiger partial charge in [0.2, 0.25) is 0 Å². The number of carbonyl (C=O) groups excluding carboxylic acids is 2. The molecule has 1 saturated heterocycles. The van der Waals surface area contributed by atoms with Gasteiger partial charge >= 0.3 is 0 Å². The van der Waals surface area contributed by atoms with Crippen molar-refractivity contribution in [1.82, 2.24) is 9.80 Å². The van der Waals surface area contributed by atoms with Crippen LogP contribution in [0.5, 0.6) is 11.5 Å². The van der Waals surface area contributed by atoms with Gasteiger partial charge in [0.1, 0.15) is 23.9 Å². The number of aliphatic hydroxyl groups excluding tert-OH is 1. The van der Waals surface area contributed by atoms with Crippen LogP contribution in [0.4, 0.5) is 0 Å². The van der Waals surface area contributed by atoms with Gasteiger partial charge in [0.25, 0.3) is 11.7 Å². The molecule has 7 heteroatoms. The van der Waals surface area contributed by atoms with Crippen molar-refractivity contribution in [3.8, 4) is 11.5 Å². The molecule has 0 aromatic heterocycles. The van der Waals surface area contributed by atoms with Crippen LogP contribution < -0.4 is 4.74 Å². The summed E-state index contributed by atoms with van der Waals surface area (Å²) >= 11 is 0. The number of carbonyl (C=O) groups is 2. The number of aryl methyl sites for hydroxylation is 1. The third kappa shape index (κ3) is 5.26. The lowest BCUT2D eigenvalue weighted by atomic mass is 9.95. The van der Waals surface area contributed by atoms with Gasteiger partial charge in [0.05, 0.1) is 11.6 Å². The Morgan fingerprint density at radius 3 is 2.28 bits per heavy atom. The van der Waals surface area contributed by atoms with E-state index in [2.05, 4.69) is 0 Å². The first-order valence-corrected chi connectivity index (χ1v) is 11.8. The highest BCUT2D eigenvalue weighted by atomic mass is 16.5. The average Bonchev–Trinajstić information content (AvgIpc) is 3.12. The van der Waals surface area contributed by atoms with Gasteiger partial charge < -0.3 is 24.7 Å². The number of aliphatic hydroxyl groups is 1.